The Kier molecular flexibility index (Phi) is 23.7. The van der Waals surface area contributed by atoms with E-state index in [2.05, 4.69) is 110 Å². The summed E-state index contributed by atoms with van der Waals surface area (Å²) in [5, 5.41) is 26.8. The molecular weight excluding hydrogens is 1290 g/mol. The van der Waals surface area contributed by atoms with Crippen molar-refractivity contribution in [3.05, 3.63) is 117 Å². The Morgan fingerprint density at radius 2 is 1.12 bits per heavy atom. The van der Waals surface area contributed by atoms with Crippen LogP contribution in [0.15, 0.2) is 94.7 Å². The summed E-state index contributed by atoms with van der Waals surface area (Å²) >= 11 is 13.8. The average molecular weight is 1340 g/mol. The van der Waals surface area contributed by atoms with Crippen LogP contribution in [0.25, 0.3) is 44.1 Å². The number of aromatic nitrogens is 10. The van der Waals surface area contributed by atoms with Crippen LogP contribution in [0.3, 0.4) is 0 Å². The molecule has 2 aliphatic rings. The summed E-state index contributed by atoms with van der Waals surface area (Å²) in [4.78, 5) is 98.9. The van der Waals surface area contributed by atoms with E-state index in [1.807, 2.05) is 13.0 Å². The van der Waals surface area contributed by atoms with Gasteiger partial charge in [0.05, 0.1) is 23.6 Å². The number of nitrogens with two attached hydrogens (primary N) is 2. The summed E-state index contributed by atoms with van der Waals surface area (Å²) in [7, 11) is 0. The lowest BCUT2D eigenvalue weighted by Gasteiger charge is -2.24. The number of carbonyl (C=O) groups is 6. The molecule has 2 fully saturated rings. The van der Waals surface area contributed by atoms with E-state index in [0.29, 0.717) is 48.2 Å². The summed E-state index contributed by atoms with van der Waals surface area (Å²) < 4.78 is 31.3. The predicted octanol–water partition coefficient (Wildman–Crippen LogP) is 7.01. The fourth-order valence-corrected chi connectivity index (χ4v) is 9.29. The normalized spacial score (nSPS) is 15.9. The van der Waals surface area contributed by atoms with E-state index in [1.165, 1.54) is 28.1 Å². The lowest BCUT2D eigenvalue weighted by atomic mass is 10.0. The number of hydrogen-bond donors (Lipinski definition) is 6. The fraction of sp³-hybridized carbons (Fsp3) is 0.269. The van der Waals surface area contributed by atoms with Crippen molar-refractivity contribution in [3.63, 3.8) is 0 Å². The van der Waals surface area contributed by atoms with Gasteiger partial charge in [-0.2, -0.15) is 23.7 Å². The van der Waals surface area contributed by atoms with Crippen molar-refractivity contribution in [1.29, 1.82) is 0 Å². The van der Waals surface area contributed by atoms with Crippen molar-refractivity contribution in [2.24, 2.45) is 0 Å². The Morgan fingerprint density at radius 3 is 1.54 bits per heavy atom. The first kappa shape index (κ1) is 66.3. The molecule has 31 heteroatoms. The Morgan fingerprint density at radius 1 is 0.675 bits per heavy atom. The maximum Gasteiger partial charge on any atom is 0.325 e. The highest BCUT2D eigenvalue weighted by Crippen LogP contribution is 2.30. The van der Waals surface area contributed by atoms with Gasteiger partial charge in [0.15, 0.2) is 11.6 Å². The molecule has 8 heterocycles. The molecular formula is C52H53Br2ClF2N16O7S3. The Labute approximate surface area is 512 Å². The number of likely N-dealkylation sites (tertiary alicyclic amines) is 1. The second-order valence-electron chi connectivity index (χ2n) is 18.4. The first-order valence-corrected chi connectivity index (χ1v) is 27.3. The number of alkyl halides is 2. The monoisotopic (exact) mass is 1340 g/mol. The molecule has 2 aliphatic heterocycles. The van der Waals surface area contributed by atoms with E-state index in [-0.39, 0.29) is 106 Å². The number of carbonyl (C=O) groups excluding carboxylic acids is 5. The quantitative estimate of drug-likeness (QED) is 0.0529. The number of benzene rings is 2. The summed E-state index contributed by atoms with van der Waals surface area (Å²) in [5.74, 6) is -1.65. The largest absolute Gasteiger partial charge is 0.480 e. The molecule has 83 heavy (non-hydrogen) atoms. The number of fused-ring (bicyclic) bond motifs is 2. The molecule has 436 valence electrons. The topological polar surface area (TPSA) is 327 Å². The molecule has 2 saturated heterocycles. The molecule has 4 atom stereocenters. The Bertz CT molecular complexity index is 3700. The number of anilines is 4. The molecule has 6 aromatic heterocycles. The maximum atomic E-state index is 14.5. The van der Waals surface area contributed by atoms with E-state index in [9.17, 15) is 37.5 Å². The van der Waals surface area contributed by atoms with Gasteiger partial charge in [0.2, 0.25) is 29.6 Å². The third kappa shape index (κ3) is 16.6. The second-order valence-corrected chi connectivity index (χ2v) is 20.0. The van der Waals surface area contributed by atoms with Gasteiger partial charge in [-0.1, -0.05) is 24.3 Å². The zero-order chi connectivity index (χ0) is 58.8. The average Bonchev–Trinajstić information content (AvgIpc) is 3.09. The highest BCUT2D eigenvalue weighted by atomic mass is 79.9. The number of amides is 3. The number of nitrogens with one attached hydrogen (secondary N) is 3. The maximum absolute atomic E-state index is 14.5. The van der Waals surface area contributed by atoms with Crippen molar-refractivity contribution in [2.75, 3.05) is 35.2 Å². The van der Waals surface area contributed by atoms with E-state index in [0.717, 1.165) is 27.8 Å². The number of aryl methyl sites for hydroxylation is 2. The minimum Gasteiger partial charge on any atom is -0.480 e. The molecule has 0 radical (unpaired) electrons. The second kappa shape index (κ2) is 29.7. The van der Waals surface area contributed by atoms with Gasteiger partial charge in [-0.05, 0) is 104 Å². The van der Waals surface area contributed by atoms with E-state index < -0.39 is 42.2 Å². The molecule has 0 spiro atoms. The number of nitrogen functional groups attached to an aromatic ring is 2. The van der Waals surface area contributed by atoms with Crippen LogP contribution in [-0.4, -0.2) is 132 Å². The van der Waals surface area contributed by atoms with Crippen LogP contribution >= 0.6 is 57.8 Å². The molecule has 8 aromatic rings. The fourth-order valence-electron chi connectivity index (χ4n) is 8.67. The third-order valence-electron chi connectivity index (χ3n) is 12.6. The molecule has 8 N–H and O–H groups in total. The number of pyridine rings is 2. The van der Waals surface area contributed by atoms with Gasteiger partial charge in [0.1, 0.15) is 63.7 Å². The molecule has 0 bridgehead atoms. The van der Waals surface area contributed by atoms with Crippen LogP contribution < -0.4 is 27.4 Å². The number of nitrogens with zero attached hydrogens (tertiary/aromatic N) is 11. The minimum atomic E-state index is -1.35. The number of carboxylic acids is 1. The van der Waals surface area contributed by atoms with E-state index in [1.54, 1.807) is 86.3 Å². The van der Waals surface area contributed by atoms with Crippen LogP contribution in [0.1, 0.15) is 58.8 Å². The standard InChI is InChI=1S/C26H24BrFN8O3.C15H13N5O3.C11H13BrFN3O.ClH.S2.H2S/c1-13-3-6-21(27)32-24(13)33-25(39)20-8-17(28)11-35(20)22(38)12-36-19-5-4-15(16-9-30-26(29)31-10-16)7-18(19)23(34-36)14(2)37;1-8(21)14-11-4-9(10-5-17-15(16)18-6-10)2-3-12(11)20(19-14)7-13(22)23;1-6-2-3-9(12)15-10(6)16-11(17)8-4-7(13)5-14-8;;1-2;/h3-7,9-10,17,20H,8,11-12H2,1-2H3,(H2,29,30,31)(H,32,33,39);2-6H,7H2,1H3,(H,22,23)(H2,16,17,18);2-3,7-8,14H,4-5H2,1H3,(H,15,16,17);1H;;1H2/t17-,20+;;7-,8+;;;/m1.1.../s1. The van der Waals surface area contributed by atoms with Crippen molar-refractivity contribution in [3.8, 4) is 22.3 Å². The molecule has 0 unspecified atom stereocenters. The van der Waals surface area contributed by atoms with Crippen LogP contribution in [0.4, 0.5) is 32.3 Å². The van der Waals surface area contributed by atoms with Crippen LogP contribution in [0.5, 0.6) is 0 Å². The molecule has 3 amide bonds. The van der Waals surface area contributed by atoms with Crippen molar-refractivity contribution in [2.45, 2.75) is 78.1 Å². The van der Waals surface area contributed by atoms with E-state index in [4.69, 9.17) is 16.6 Å². The van der Waals surface area contributed by atoms with Gasteiger partial charge in [-0.3, -0.25) is 38.1 Å². The zero-order valence-corrected chi connectivity index (χ0v) is 51.0. The molecule has 0 aliphatic carbocycles. The van der Waals surface area contributed by atoms with Gasteiger partial charge in [0, 0.05) is 102 Å². The number of Topliss-reactive ketones (excluding diaryl/α,β-unsaturated/α-hetero) is 2. The summed E-state index contributed by atoms with van der Waals surface area (Å²) in [6.45, 7) is 5.85. The molecule has 10 rings (SSSR count). The lowest BCUT2D eigenvalue weighted by Crippen LogP contribution is -2.44. The number of hydrogen-bond acceptors (Lipinski definition) is 19. The number of aliphatic carboxylic acids is 1. The highest BCUT2D eigenvalue weighted by Gasteiger charge is 2.40. The molecule has 2 aromatic carbocycles. The van der Waals surface area contributed by atoms with Gasteiger partial charge < -0.3 is 37.4 Å². The number of carboxylic acid groups (broad SMARTS) is 1. The molecule has 0 saturated carbocycles. The van der Waals surface area contributed by atoms with Gasteiger partial charge >= 0.3 is 5.97 Å². The number of halogens is 5. The van der Waals surface area contributed by atoms with Crippen LogP contribution in [0, 0.1) is 13.8 Å². The predicted molar refractivity (Wildman–Crippen MR) is 327 cm³/mol. The first-order valence-electron chi connectivity index (χ1n) is 24.4. The Balaban J connectivity index is 0.000000243. The summed E-state index contributed by atoms with van der Waals surface area (Å²) in [6.07, 6.45) is 4.10. The van der Waals surface area contributed by atoms with Gasteiger partial charge in [-0.15, -0.1) is 12.4 Å². The van der Waals surface area contributed by atoms with Crippen molar-refractivity contribution < 1.29 is 42.7 Å². The lowest BCUT2D eigenvalue weighted by molar-refractivity contribution is -0.138. The highest BCUT2D eigenvalue weighted by molar-refractivity contribution is 9.10. The van der Waals surface area contributed by atoms with Gasteiger partial charge in [0.25, 0.3) is 0 Å². The van der Waals surface area contributed by atoms with Crippen molar-refractivity contribution in [1.82, 2.24) is 59.7 Å². The van der Waals surface area contributed by atoms with Crippen LogP contribution in [0.2, 0.25) is 0 Å². The number of ketones is 2. The van der Waals surface area contributed by atoms with Crippen LogP contribution in [-0.2, 0) is 54.6 Å². The SMILES string of the molecule is CC(=O)c1nn(CC(=O)N2C[C@H](F)C[C@H]2C(=O)Nc2nc(Br)ccc2C)c2ccc(-c3cnc(N)nc3)cc12.CC(=O)c1nn(CC(=O)O)c2ccc(-c3cnc(N)nc3)cc12.Cc1ccc(Br)nc1NC(=O)[C@@H]1C[C@@H](F)CN1.Cl.S.S=S. The summed E-state index contributed by atoms with van der Waals surface area (Å²) in [5.41, 5.74) is 17.2. The first-order chi connectivity index (χ1) is 38.6. The summed E-state index contributed by atoms with van der Waals surface area (Å²) in [6, 6.07) is 16.3. The zero-order valence-electron chi connectivity index (χ0n) is 44.3. The smallest absolute Gasteiger partial charge is 0.325 e. The number of rotatable bonds is 12. The van der Waals surface area contributed by atoms with E-state index >= 15 is 0 Å². The third-order valence-corrected chi connectivity index (χ3v) is 13.5. The molecule has 23 nitrogen and oxygen atoms in total. The minimum absolute atomic E-state index is 0. The van der Waals surface area contributed by atoms with Crippen molar-refractivity contribution >= 4 is 161 Å². The Hall–Kier alpha value is -7.48. The van der Waals surface area contributed by atoms with Gasteiger partial charge in [-0.25, -0.2) is 38.7 Å².